The molecule has 2 atom stereocenters. The minimum Gasteiger partial charge on any atom is -0.342 e. The largest absolute Gasteiger partial charge is 0.342 e. The highest BCUT2D eigenvalue weighted by Crippen LogP contribution is 2.32. The zero-order valence-electron chi connectivity index (χ0n) is 12.8. The van der Waals surface area contributed by atoms with Gasteiger partial charge in [0, 0.05) is 18.0 Å². The zero-order valence-corrected chi connectivity index (χ0v) is 14.4. The molecule has 0 aromatic carbocycles. The van der Waals surface area contributed by atoms with Gasteiger partial charge in [-0.15, -0.1) is 23.7 Å². The van der Waals surface area contributed by atoms with Crippen LogP contribution in [0.5, 0.6) is 0 Å². The minimum atomic E-state index is -0.383. The monoisotopic (exact) mass is 328 g/mol. The highest BCUT2D eigenvalue weighted by Gasteiger charge is 2.37. The smallest absolute Gasteiger partial charge is 0.233 e. The summed E-state index contributed by atoms with van der Waals surface area (Å²) >= 11 is 1.69. The van der Waals surface area contributed by atoms with E-state index in [4.69, 9.17) is 0 Å². The average Bonchev–Trinajstić information content (AvgIpc) is 3.07. The number of halogens is 1. The van der Waals surface area contributed by atoms with Gasteiger partial charge in [-0.1, -0.05) is 6.07 Å². The van der Waals surface area contributed by atoms with Crippen LogP contribution in [0.15, 0.2) is 17.5 Å². The third-order valence-electron chi connectivity index (χ3n) is 4.98. The molecule has 3 heterocycles. The number of hydrogen-bond donors (Lipinski definition) is 1. The van der Waals surface area contributed by atoms with E-state index in [0.29, 0.717) is 5.91 Å². The van der Waals surface area contributed by atoms with Crippen molar-refractivity contribution in [2.75, 3.05) is 26.2 Å². The molecule has 3 nitrogen and oxygen atoms in total. The summed E-state index contributed by atoms with van der Waals surface area (Å²) in [5.41, 5.74) is -0.383. The summed E-state index contributed by atoms with van der Waals surface area (Å²) in [6.45, 7) is 8.26. The number of nitrogens with zero attached hydrogens (tertiary/aromatic N) is 1. The number of fused-ring (bicyclic) bond motifs is 1. The van der Waals surface area contributed by atoms with Crippen molar-refractivity contribution in [3.63, 3.8) is 0 Å². The molecule has 2 saturated heterocycles. The van der Waals surface area contributed by atoms with Crippen LogP contribution in [-0.4, -0.2) is 37.0 Å². The first kappa shape index (κ1) is 16.8. The summed E-state index contributed by atoms with van der Waals surface area (Å²) in [6, 6.07) is 4.12. The second-order valence-electron chi connectivity index (χ2n) is 6.65. The van der Waals surface area contributed by atoms with E-state index in [9.17, 15) is 4.79 Å². The number of likely N-dealkylation sites (tertiary alicyclic amines) is 1. The van der Waals surface area contributed by atoms with Crippen molar-refractivity contribution in [1.29, 1.82) is 0 Å². The van der Waals surface area contributed by atoms with E-state index in [1.54, 1.807) is 11.3 Å². The van der Waals surface area contributed by atoms with Gasteiger partial charge in [-0.25, -0.2) is 0 Å². The summed E-state index contributed by atoms with van der Waals surface area (Å²) in [4.78, 5) is 16.2. The normalized spacial score (nSPS) is 25.9. The van der Waals surface area contributed by atoms with E-state index in [1.165, 1.54) is 4.88 Å². The maximum Gasteiger partial charge on any atom is 0.233 e. The molecule has 1 aromatic rings. The number of thiophene rings is 1. The first-order valence-electron chi connectivity index (χ1n) is 7.63. The summed E-state index contributed by atoms with van der Waals surface area (Å²) in [5, 5.41) is 5.55. The quantitative estimate of drug-likeness (QED) is 0.905. The molecule has 0 unspecified atom stereocenters. The van der Waals surface area contributed by atoms with Crippen LogP contribution in [0.1, 0.15) is 31.6 Å². The molecule has 2 aliphatic rings. The van der Waals surface area contributed by atoms with Crippen LogP contribution in [0.25, 0.3) is 0 Å². The first-order chi connectivity index (χ1) is 9.59. The van der Waals surface area contributed by atoms with Gasteiger partial charge < -0.3 is 10.2 Å². The number of hydrogen-bond acceptors (Lipinski definition) is 3. The van der Waals surface area contributed by atoms with Crippen LogP contribution in [-0.2, 0) is 10.2 Å². The molecule has 0 bridgehead atoms. The lowest BCUT2D eigenvalue weighted by molar-refractivity contribution is -0.136. The number of amides is 1. The highest BCUT2D eigenvalue weighted by molar-refractivity contribution is 7.10. The first-order valence-corrected chi connectivity index (χ1v) is 8.51. The summed E-state index contributed by atoms with van der Waals surface area (Å²) in [5.74, 6) is 1.85. The van der Waals surface area contributed by atoms with Crippen molar-refractivity contribution >= 4 is 29.7 Å². The van der Waals surface area contributed by atoms with Gasteiger partial charge in [0.25, 0.3) is 0 Å². The number of carbonyl (C=O) groups excluding carboxylic acids is 1. The molecular formula is C16H25ClN2OS. The molecule has 1 amide bonds. The molecule has 1 N–H and O–H groups in total. The third kappa shape index (κ3) is 3.27. The van der Waals surface area contributed by atoms with E-state index < -0.39 is 0 Å². The molecule has 0 radical (unpaired) electrons. The molecule has 1 aromatic heterocycles. The van der Waals surface area contributed by atoms with Gasteiger partial charge >= 0.3 is 0 Å². The summed E-state index contributed by atoms with van der Waals surface area (Å²) in [6.07, 6.45) is 2.31. The van der Waals surface area contributed by atoms with Crippen molar-refractivity contribution in [3.05, 3.63) is 22.4 Å². The van der Waals surface area contributed by atoms with Gasteiger partial charge in [0.05, 0.1) is 5.41 Å². The number of nitrogens with one attached hydrogen (secondary N) is 1. The fourth-order valence-corrected chi connectivity index (χ4v) is 4.40. The second-order valence-corrected chi connectivity index (χ2v) is 7.60. The molecule has 118 valence electrons. The van der Waals surface area contributed by atoms with Gasteiger partial charge in [-0.2, -0.15) is 0 Å². The Hall–Kier alpha value is -0.580. The predicted octanol–water partition coefficient (Wildman–Crippen LogP) is 2.91. The van der Waals surface area contributed by atoms with Crippen LogP contribution in [0.2, 0.25) is 0 Å². The van der Waals surface area contributed by atoms with Crippen LogP contribution in [0.3, 0.4) is 0 Å². The van der Waals surface area contributed by atoms with E-state index in [-0.39, 0.29) is 17.8 Å². The molecule has 0 spiro atoms. The highest BCUT2D eigenvalue weighted by atomic mass is 35.5. The minimum absolute atomic E-state index is 0. The Labute approximate surface area is 137 Å². The van der Waals surface area contributed by atoms with Gasteiger partial charge in [-0.05, 0) is 63.1 Å². The Morgan fingerprint density at radius 3 is 2.43 bits per heavy atom. The number of rotatable bonds is 2. The molecular weight excluding hydrogens is 304 g/mol. The van der Waals surface area contributed by atoms with Crippen LogP contribution < -0.4 is 5.32 Å². The van der Waals surface area contributed by atoms with Crippen molar-refractivity contribution < 1.29 is 4.79 Å². The lowest BCUT2D eigenvalue weighted by atomic mass is 9.89. The van der Waals surface area contributed by atoms with Gasteiger partial charge in [0.2, 0.25) is 5.91 Å². The number of carbonyl (C=O) groups is 1. The molecule has 2 aliphatic heterocycles. The van der Waals surface area contributed by atoms with Gasteiger partial charge in [-0.3, -0.25) is 4.79 Å². The standard InChI is InChI=1S/C16H24N2OS.ClH/c1-16(2,14-4-3-9-20-14)15(19)18-7-5-12-10-17-11-13(12)6-8-18;/h3-4,9,12-13,17H,5-8,10-11H2,1-2H3;1H/t12-,13+;. The van der Waals surface area contributed by atoms with Crippen LogP contribution >= 0.6 is 23.7 Å². The van der Waals surface area contributed by atoms with E-state index in [1.807, 2.05) is 6.07 Å². The van der Waals surface area contributed by atoms with Crippen LogP contribution in [0.4, 0.5) is 0 Å². The zero-order chi connectivity index (χ0) is 14.2. The fraction of sp³-hybridized carbons (Fsp3) is 0.688. The fourth-order valence-electron chi connectivity index (χ4n) is 3.56. The van der Waals surface area contributed by atoms with Crippen molar-refractivity contribution in [2.45, 2.75) is 32.1 Å². The molecule has 2 fully saturated rings. The Balaban J connectivity index is 0.00000161. The SMILES string of the molecule is CC(C)(C(=O)N1CC[C@@H]2CNC[C@@H]2CC1)c1cccs1.Cl. The van der Waals surface area contributed by atoms with Gasteiger partial charge in [0.15, 0.2) is 0 Å². The summed E-state index contributed by atoms with van der Waals surface area (Å²) < 4.78 is 0. The van der Waals surface area contributed by atoms with Crippen LogP contribution in [0, 0.1) is 11.8 Å². The predicted molar refractivity (Wildman–Crippen MR) is 90.3 cm³/mol. The molecule has 5 heteroatoms. The van der Waals surface area contributed by atoms with E-state index >= 15 is 0 Å². The lowest BCUT2D eigenvalue weighted by Crippen LogP contribution is -2.43. The van der Waals surface area contributed by atoms with E-state index in [0.717, 1.165) is 50.9 Å². The molecule has 0 aliphatic carbocycles. The van der Waals surface area contributed by atoms with Crippen molar-refractivity contribution in [1.82, 2.24) is 10.2 Å². The Morgan fingerprint density at radius 1 is 1.29 bits per heavy atom. The Bertz CT molecular complexity index is 461. The van der Waals surface area contributed by atoms with Crippen molar-refractivity contribution in [2.24, 2.45) is 11.8 Å². The molecule has 0 saturated carbocycles. The lowest BCUT2D eigenvalue weighted by Gasteiger charge is -2.30. The average molecular weight is 329 g/mol. The third-order valence-corrected chi connectivity index (χ3v) is 6.17. The van der Waals surface area contributed by atoms with Gasteiger partial charge in [0.1, 0.15) is 0 Å². The Morgan fingerprint density at radius 2 is 1.90 bits per heavy atom. The molecule has 3 rings (SSSR count). The topological polar surface area (TPSA) is 32.3 Å². The molecule has 21 heavy (non-hydrogen) atoms. The maximum atomic E-state index is 12.9. The van der Waals surface area contributed by atoms with E-state index in [2.05, 4.69) is 35.5 Å². The van der Waals surface area contributed by atoms with Crippen molar-refractivity contribution in [3.8, 4) is 0 Å². The Kier molecular flexibility index (Phi) is 5.33. The second kappa shape index (κ2) is 6.67. The maximum absolute atomic E-state index is 12.9. The summed E-state index contributed by atoms with van der Waals surface area (Å²) in [7, 11) is 0.